The number of hydrogen-bond acceptors (Lipinski definition) is 9. The molecule has 10 nitrogen and oxygen atoms in total. The smallest absolute Gasteiger partial charge is 0.367 e. The van der Waals surface area contributed by atoms with Gasteiger partial charge in [0.05, 0.1) is 7.11 Å². The molecule has 1 aliphatic rings. The lowest BCUT2D eigenvalue weighted by molar-refractivity contribution is -0.160. The molecule has 0 aromatic rings. The molecular formula is C17H24N2O8S. The summed E-state index contributed by atoms with van der Waals surface area (Å²) in [5.41, 5.74) is -1.07. The van der Waals surface area contributed by atoms with Gasteiger partial charge in [-0.25, -0.2) is 14.4 Å². The maximum absolute atomic E-state index is 12.5. The number of methoxy groups -OCH3 is 1. The molecular weight excluding hydrogens is 392 g/mol. The summed E-state index contributed by atoms with van der Waals surface area (Å²) in [5.74, 6) is -2.31. The first-order valence-corrected chi connectivity index (χ1v) is 9.45. The van der Waals surface area contributed by atoms with Gasteiger partial charge in [0.25, 0.3) is 5.91 Å². The molecule has 0 aliphatic carbocycles. The average molecular weight is 416 g/mol. The van der Waals surface area contributed by atoms with Gasteiger partial charge in [-0.05, 0) is 11.8 Å². The summed E-state index contributed by atoms with van der Waals surface area (Å²) in [6, 6.07) is 0. The third-order valence-corrected chi connectivity index (χ3v) is 4.36. The topological polar surface area (TPSA) is 137 Å². The zero-order valence-electron chi connectivity index (χ0n) is 15.9. The Morgan fingerprint density at radius 3 is 2.50 bits per heavy atom. The van der Waals surface area contributed by atoms with Crippen LogP contribution in [0.1, 0.15) is 20.3 Å². The number of nitrogens with one attached hydrogen (secondary N) is 2. The van der Waals surface area contributed by atoms with Gasteiger partial charge in [-0.15, -0.1) is 0 Å². The van der Waals surface area contributed by atoms with Crippen LogP contribution in [0.25, 0.3) is 0 Å². The van der Waals surface area contributed by atoms with Crippen LogP contribution in [0.2, 0.25) is 0 Å². The largest absolute Gasteiger partial charge is 0.466 e. The van der Waals surface area contributed by atoms with Crippen LogP contribution in [0.15, 0.2) is 12.2 Å². The molecule has 1 fully saturated rings. The molecule has 0 aromatic heterocycles. The number of amides is 2. The summed E-state index contributed by atoms with van der Waals surface area (Å²) in [7, 11) is 1.15. The van der Waals surface area contributed by atoms with Gasteiger partial charge in [-0.2, -0.15) is 0 Å². The van der Waals surface area contributed by atoms with E-state index in [1.165, 1.54) is 0 Å². The number of carbonyl (C=O) groups is 5. The van der Waals surface area contributed by atoms with Crippen molar-refractivity contribution in [3.05, 3.63) is 12.2 Å². The lowest BCUT2D eigenvalue weighted by atomic mass is 9.86. The summed E-state index contributed by atoms with van der Waals surface area (Å²) in [6.07, 6.45) is 0.392. The molecule has 1 rings (SSSR count). The second-order valence-corrected chi connectivity index (χ2v) is 7.47. The van der Waals surface area contributed by atoms with E-state index >= 15 is 0 Å². The van der Waals surface area contributed by atoms with E-state index < -0.39 is 34.7 Å². The van der Waals surface area contributed by atoms with Gasteiger partial charge in [0.2, 0.25) is 5.91 Å². The zero-order chi connectivity index (χ0) is 21.2. The minimum absolute atomic E-state index is 0.0319. The molecule has 0 radical (unpaired) electrons. The molecule has 0 aromatic carbocycles. The fraction of sp³-hybridized carbons (Fsp3) is 0.588. The van der Waals surface area contributed by atoms with Crippen LogP contribution in [-0.2, 0) is 33.4 Å². The Kier molecular flexibility index (Phi) is 9.49. The molecule has 0 unspecified atom stereocenters. The minimum atomic E-state index is -1.33. The fourth-order valence-corrected chi connectivity index (χ4v) is 2.61. The molecule has 1 atom stereocenters. The average Bonchev–Trinajstić information content (AvgIpc) is 2.65. The Hall–Kier alpha value is -2.56. The van der Waals surface area contributed by atoms with Gasteiger partial charge >= 0.3 is 17.2 Å². The molecule has 0 saturated carbocycles. The van der Waals surface area contributed by atoms with Gasteiger partial charge < -0.3 is 24.8 Å². The lowest BCUT2D eigenvalue weighted by Gasteiger charge is -2.32. The van der Waals surface area contributed by atoms with Crippen molar-refractivity contribution in [3.63, 3.8) is 0 Å². The molecule has 156 valence electrons. The summed E-state index contributed by atoms with van der Waals surface area (Å²) in [5, 5.41) is 4.56. The minimum Gasteiger partial charge on any atom is -0.466 e. The Labute approximate surface area is 166 Å². The normalized spacial score (nSPS) is 21.7. The van der Waals surface area contributed by atoms with E-state index in [-0.39, 0.29) is 25.5 Å². The van der Waals surface area contributed by atoms with Crippen LogP contribution >= 0.6 is 11.8 Å². The number of carbonyl (C=O) groups excluding carboxylic acids is 5. The van der Waals surface area contributed by atoms with Crippen molar-refractivity contribution in [2.75, 3.05) is 32.6 Å². The second kappa shape index (κ2) is 11.3. The fourth-order valence-electron chi connectivity index (χ4n) is 2.09. The van der Waals surface area contributed by atoms with Crippen LogP contribution in [0.5, 0.6) is 0 Å². The Morgan fingerprint density at radius 2 is 1.82 bits per heavy atom. The third kappa shape index (κ3) is 8.42. The maximum Gasteiger partial charge on any atom is 0.367 e. The Balaban J connectivity index is 2.94. The molecule has 1 saturated heterocycles. The van der Waals surface area contributed by atoms with E-state index in [9.17, 15) is 24.0 Å². The van der Waals surface area contributed by atoms with Gasteiger partial charge in [0.1, 0.15) is 6.61 Å². The number of thioether (sulfide) groups is 1. The van der Waals surface area contributed by atoms with Crippen molar-refractivity contribution in [1.29, 1.82) is 0 Å². The summed E-state index contributed by atoms with van der Waals surface area (Å²) >= 11 is 0.889. The van der Waals surface area contributed by atoms with Crippen LogP contribution in [0.3, 0.4) is 0 Å². The van der Waals surface area contributed by atoms with E-state index in [0.29, 0.717) is 12.3 Å². The highest BCUT2D eigenvalue weighted by molar-refractivity contribution is 8.13. The highest BCUT2D eigenvalue weighted by atomic mass is 32.2. The van der Waals surface area contributed by atoms with Crippen LogP contribution in [0, 0.1) is 5.41 Å². The van der Waals surface area contributed by atoms with Crippen molar-refractivity contribution in [1.82, 2.24) is 10.6 Å². The monoisotopic (exact) mass is 416 g/mol. The Bertz CT molecular complexity index is 647. The number of cyclic esters (lactones) is 1. The van der Waals surface area contributed by atoms with Gasteiger partial charge in [-0.3, -0.25) is 9.59 Å². The van der Waals surface area contributed by atoms with Crippen LogP contribution in [0.4, 0.5) is 4.79 Å². The van der Waals surface area contributed by atoms with Crippen molar-refractivity contribution in [3.8, 4) is 0 Å². The predicted octanol–water partition coefficient (Wildman–Crippen LogP) is 0.159. The molecule has 11 heteroatoms. The van der Waals surface area contributed by atoms with E-state index in [2.05, 4.69) is 15.4 Å². The molecule has 2 amide bonds. The molecule has 0 spiro atoms. The van der Waals surface area contributed by atoms with Gasteiger partial charge in [0.15, 0.2) is 6.10 Å². The number of rotatable bonds is 3. The highest BCUT2D eigenvalue weighted by Crippen LogP contribution is 2.26. The predicted molar refractivity (Wildman–Crippen MR) is 99.3 cm³/mol. The summed E-state index contributed by atoms with van der Waals surface area (Å²) in [6.45, 7) is 3.33. The van der Waals surface area contributed by atoms with E-state index in [1.54, 1.807) is 13.8 Å². The first-order chi connectivity index (χ1) is 13.2. The molecule has 2 N–H and O–H groups in total. The molecule has 28 heavy (non-hydrogen) atoms. The van der Waals surface area contributed by atoms with Crippen molar-refractivity contribution in [2.24, 2.45) is 5.41 Å². The molecule has 1 aliphatic heterocycles. The third-order valence-electron chi connectivity index (χ3n) is 3.60. The SMILES string of the molecule is COC(=O)/C=C/C(=O)O[C@H]1C(=O)NCCC(=O)NCCSC(=O)OCC1(C)C. The quantitative estimate of drug-likeness (QED) is 0.374. The number of esters is 2. The Morgan fingerprint density at radius 1 is 1.14 bits per heavy atom. The standard InChI is InChI=1S/C17H24N2O8S/c1-17(2)10-26-16(24)28-9-8-18-11(20)6-7-19-15(23)14(17)27-13(22)5-4-12(21)25-3/h4-5,14H,6-10H2,1-3H3,(H,18,20)(H,19,23)/b5-4+/t14-/m0/s1. The van der Waals surface area contributed by atoms with Gasteiger partial charge in [-0.1, -0.05) is 13.8 Å². The van der Waals surface area contributed by atoms with E-state index in [4.69, 9.17) is 9.47 Å². The second-order valence-electron chi connectivity index (χ2n) is 6.44. The molecule has 1 heterocycles. The van der Waals surface area contributed by atoms with Crippen molar-refractivity contribution in [2.45, 2.75) is 26.4 Å². The van der Waals surface area contributed by atoms with Crippen molar-refractivity contribution >= 4 is 40.8 Å². The zero-order valence-corrected chi connectivity index (χ0v) is 16.8. The van der Waals surface area contributed by atoms with Gasteiger partial charge in [0, 0.05) is 42.8 Å². The summed E-state index contributed by atoms with van der Waals surface area (Å²) in [4.78, 5) is 59.1. The van der Waals surface area contributed by atoms with Crippen LogP contribution < -0.4 is 10.6 Å². The van der Waals surface area contributed by atoms with Crippen molar-refractivity contribution < 1.29 is 38.2 Å². The first kappa shape index (κ1) is 23.5. The van der Waals surface area contributed by atoms with E-state index in [1.807, 2.05) is 0 Å². The van der Waals surface area contributed by atoms with E-state index in [0.717, 1.165) is 31.0 Å². The molecule has 0 bridgehead atoms. The maximum atomic E-state index is 12.5. The first-order valence-electron chi connectivity index (χ1n) is 8.46. The summed E-state index contributed by atoms with van der Waals surface area (Å²) < 4.78 is 14.7. The lowest BCUT2D eigenvalue weighted by Crippen LogP contribution is -2.49. The highest BCUT2D eigenvalue weighted by Gasteiger charge is 2.39. The number of ether oxygens (including phenoxy) is 3. The van der Waals surface area contributed by atoms with Crippen LogP contribution in [-0.4, -0.2) is 67.7 Å². The number of hydrogen-bond donors (Lipinski definition) is 2.